The van der Waals surface area contributed by atoms with E-state index in [1.54, 1.807) is 0 Å². The monoisotopic (exact) mass is 304 g/mol. The van der Waals surface area contributed by atoms with Gasteiger partial charge in [-0.3, -0.25) is 0 Å². The van der Waals surface area contributed by atoms with Crippen molar-refractivity contribution in [1.82, 2.24) is 0 Å². The second kappa shape index (κ2) is 3.96. The van der Waals surface area contributed by atoms with E-state index in [0.717, 1.165) is 5.69 Å². The summed E-state index contributed by atoms with van der Waals surface area (Å²) in [5, 5.41) is 0. The van der Waals surface area contributed by atoms with Crippen LogP contribution in [0.1, 0.15) is 20.8 Å². The highest BCUT2D eigenvalue weighted by Gasteiger charge is 2.18. The van der Waals surface area contributed by atoms with Gasteiger partial charge in [-0.2, -0.15) is 0 Å². The van der Waals surface area contributed by atoms with Gasteiger partial charge in [0.25, 0.3) is 0 Å². The van der Waals surface area contributed by atoms with Crippen molar-refractivity contribution in [2.24, 2.45) is 0 Å². The first-order valence-electron chi connectivity index (χ1n) is 4.61. The molecule has 1 aromatic carbocycles. The predicted octanol–water partition coefficient (Wildman–Crippen LogP) is 3.11. The Labute approximate surface area is 99.6 Å². The first-order chi connectivity index (χ1) is 6.32. The standard InChI is InChI=1S/C11H17IN2/c1-11(2,3)14(4)10-6-5-8(13)7-9(10)12/h5-7H,13H2,1-4H3. The van der Waals surface area contributed by atoms with Crippen molar-refractivity contribution in [3.8, 4) is 0 Å². The Bertz CT molecular complexity index is 329. The molecule has 0 atom stereocenters. The molecule has 0 spiro atoms. The van der Waals surface area contributed by atoms with Gasteiger partial charge in [-0.25, -0.2) is 0 Å². The Morgan fingerprint density at radius 1 is 1.29 bits per heavy atom. The van der Waals surface area contributed by atoms with E-state index in [-0.39, 0.29) is 5.54 Å². The van der Waals surface area contributed by atoms with Crippen molar-refractivity contribution in [3.05, 3.63) is 21.8 Å². The van der Waals surface area contributed by atoms with Crippen molar-refractivity contribution in [3.63, 3.8) is 0 Å². The fraction of sp³-hybridized carbons (Fsp3) is 0.455. The lowest BCUT2D eigenvalue weighted by Gasteiger charge is -2.34. The lowest BCUT2D eigenvalue weighted by molar-refractivity contribution is 0.538. The van der Waals surface area contributed by atoms with Crippen LogP contribution in [0.2, 0.25) is 0 Å². The molecule has 14 heavy (non-hydrogen) atoms. The molecule has 2 N–H and O–H groups in total. The fourth-order valence-electron chi connectivity index (χ4n) is 1.16. The largest absolute Gasteiger partial charge is 0.399 e. The summed E-state index contributed by atoms with van der Waals surface area (Å²) in [6.45, 7) is 6.58. The fourth-order valence-corrected chi connectivity index (χ4v) is 2.06. The number of nitrogens with zero attached hydrogens (tertiary/aromatic N) is 1. The molecule has 0 aromatic heterocycles. The van der Waals surface area contributed by atoms with Crippen LogP contribution in [0.3, 0.4) is 0 Å². The second-order valence-corrected chi connectivity index (χ2v) is 5.60. The molecule has 0 aliphatic heterocycles. The second-order valence-electron chi connectivity index (χ2n) is 4.44. The molecule has 0 bridgehead atoms. The Morgan fingerprint density at radius 3 is 2.29 bits per heavy atom. The van der Waals surface area contributed by atoms with Crippen molar-refractivity contribution < 1.29 is 0 Å². The van der Waals surface area contributed by atoms with E-state index >= 15 is 0 Å². The first kappa shape index (κ1) is 11.6. The highest BCUT2D eigenvalue weighted by atomic mass is 127. The summed E-state index contributed by atoms with van der Waals surface area (Å²) < 4.78 is 1.19. The maximum Gasteiger partial charge on any atom is 0.0505 e. The molecule has 0 aliphatic carbocycles. The van der Waals surface area contributed by atoms with Crippen LogP contribution in [0.15, 0.2) is 18.2 Å². The molecule has 0 amide bonds. The molecule has 0 fully saturated rings. The Morgan fingerprint density at radius 2 is 1.86 bits per heavy atom. The molecule has 0 heterocycles. The summed E-state index contributed by atoms with van der Waals surface area (Å²) in [6.07, 6.45) is 0. The van der Waals surface area contributed by atoms with E-state index in [2.05, 4.69) is 61.4 Å². The molecule has 0 saturated carbocycles. The summed E-state index contributed by atoms with van der Waals surface area (Å²) in [7, 11) is 2.10. The van der Waals surface area contributed by atoms with Gasteiger partial charge >= 0.3 is 0 Å². The third-order valence-electron chi connectivity index (χ3n) is 2.34. The maximum absolute atomic E-state index is 5.71. The number of halogens is 1. The van der Waals surface area contributed by atoms with Gasteiger partial charge < -0.3 is 10.6 Å². The molecule has 1 rings (SSSR count). The van der Waals surface area contributed by atoms with Crippen molar-refractivity contribution in [1.29, 1.82) is 0 Å². The Balaban J connectivity index is 3.08. The molecule has 0 radical (unpaired) electrons. The summed E-state index contributed by atoms with van der Waals surface area (Å²) >= 11 is 2.32. The number of rotatable bonds is 1. The van der Waals surface area contributed by atoms with E-state index in [1.165, 1.54) is 9.26 Å². The Kier molecular flexibility index (Phi) is 3.29. The van der Waals surface area contributed by atoms with Gasteiger partial charge in [0.15, 0.2) is 0 Å². The van der Waals surface area contributed by atoms with E-state index in [9.17, 15) is 0 Å². The molecule has 2 nitrogen and oxygen atoms in total. The SMILES string of the molecule is CN(c1ccc(N)cc1I)C(C)(C)C. The van der Waals surface area contributed by atoms with Crippen LogP contribution in [-0.4, -0.2) is 12.6 Å². The molecule has 1 aromatic rings. The number of anilines is 2. The van der Waals surface area contributed by atoms with Crippen LogP contribution < -0.4 is 10.6 Å². The minimum absolute atomic E-state index is 0.135. The van der Waals surface area contributed by atoms with Crippen molar-refractivity contribution in [2.45, 2.75) is 26.3 Å². The molecule has 0 saturated heterocycles. The highest BCUT2D eigenvalue weighted by molar-refractivity contribution is 14.1. The number of benzene rings is 1. The average Bonchev–Trinajstić information content (AvgIpc) is 2.01. The van der Waals surface area contributed by atoms with Gasteiger partial charge in [0.2, 0.25) is 0 Å². The van der Waals surface area contributed by atoms with Gasteiger partial charge in [0.05, 0.1) is 5.69 Å². The number of hydrogen-bond acceptors (Lipinski definition) is 2. The lowest BCUT2D eigenvalue weighted by Crippen LogP contribution is -2.38. The van der Waals surface area contributed by atoms with Crippen LogP contribution in [0.25, 0.3) is 0 Å². The molecule has 0 aliphatic rings. The third kappa shape index (κ3) is 2.53. The first-order valence-corrected chi connectivity index (χ1v) is 5.69. The van der Waals surface area contributed by atoms with Gasteiger partial charge in [-0.15, -0.1) is 0 Å². The smallest absolute Gasteiger partial charge is 0.0505 e. The normalized spacial score (nSPS) is 11.5. The zero-order valence-corrected chi connectivity index (χ0v) is 11.3. The maximum atomic E-state index is 5.71. The summed E-state index contributed by atoms with van der Waals surface area (Å²) in [5.41, 5.74) is 7.90. The predicted molar refractivity (Wildman–Crippen MR) is 71.7 cm³/mol. The van der Waals surface area contributed by atoms with Gasteiger partial charge in [0, 0.05) is 21.8 Å². The van der Waals surface area contributed by atoms with E-state index in [1.807, 2.05) is 12.1 Å². The number of nitrogen functional groups attached to an aromatic ring is 1. The number of hydrogen-bond donors (Lipinski definition) is 1. The molecule has 3 heteroatoms. The average molecular weight is 304 g/mol. The van der Waals surface area contributed by atoms with Gasteiger partial charge in [-0.1, -0.05) is 0 Å². The zero-order valence-electron chi connectivity index (χ0n) is 9.13. The van der Waals surface area contributed by atoms with Crippen LogP contribution in [0, 0.1) is 3.57 Å². The van der Waals surface area contributed by atoms with Crippen LogP contribution in [-0.2, 0) is 0 Å². The molecular weight excluding hydrogens is 287 g/mol. The quantitative estimate of drug-likeness (QED) is 0.638. The third-order valence-corrected chi connectivity index (χ3v) is 3.20. The minimum Gasteiger partial charge on any atom is -0.399 e. The Hall–Kier alpha value is -0.450. The van der Waals surface area contributed by atoms with Crippen LogP contribution in [0.4, 0.5) is 11.4 Å². The summed E-state index contributed by atoms with van der Waals surface area (Å²) in [4.78, 5) is 2.26. The van der Waals surface area contributed by atoms with E-state index < -0.39 is 0 Å². The minimum atomic E-state index is 0.135. The van der Waals surface area contributed by atoms with Gasteiger partial charge in [0.1, 0.15) is 0 Å². The summed E-state index contributed by atoms with van der Waals surface area (Å²) in [5.74, 6) is 0. The molecule has 0 unspecified atom stereocenters. The molecule has 78 valence electrons. The zero-order chi connectivity index (χ0) is 10.9. The van der Waals surface area contributed by atoms with Crippen LogP contribution in [0.5, 0.6) is 0 Å². The van der Waals surface area contributed by atoms with Crippen molar-refractivity contribution >= 4 is 34.0 Å². The van der Waals surface area contributed by atoms with Gasteiger partial charge in [-0.05, 0) is 61.6 Å². The van der Waals surface area contributed by atoms with Crippen molar-refractivity contribution in [2.75, 3.05) is 17.7 Å². The molecular formula is C11H17IN2. The number of nitrogens with two attached hydrogens (primary N) is 1. The lowest BCUT2D eigenvalue weighted by atomic mass is 10.1. The summed E-state index contributed by atoms with van der Waals surface area (Å²) in [6, 6.07) is 6.01. The van der Waals surface area contributed by atoms with Crippen LogP contribution >= 0.6 is 22.6 Å². The van der Waals surface area contributed by atoms with E-state index in [4.69, 9.17) is 5.73 Å². The highest BCUT2D eigenvalue weighted by Crippen LogP contribution is 2.28. The topological polar surface area (TPSA) is 29.3 Å². The van der Waals surface area contributed by atoms with E-state index in [0.29, 0.717) is 0 Å².